The van der Waals surface area contributed by atoms with Gasteiger partial charge in [0.05, 0.1) is 23.8 Å². The number of benzene rings is 1. The zero-order chi connectivity index (χ0) is 13.1. The molecule has 0 saturated carbocycles. The minimum atomic E-state index is -0.657. The lowest BCUT2D eigenvalue weighted by Crippen LogP contribution is -2.00. The van der Waals surface area contributed by atoms with Crippen molar-refractivity contribution in [3.8, 4) is 0 Å². The van der Waals surface area contributed by atoms with E-state index in [2.05, 4.69) is 10.3 Å². The van der Waals surface area contributed by atoms with Gasteiger partial charge in [-0.15, -0.1) is 5.10 Å². The Morgan fingerprint density at radius 3 is 2.61 bits per heavy atom. The number of nitro groups is 1. The summed E-state index contributed by atoms with van der Waals surface area (Å²) in [6.45, 7) is 2.07. The molecule has 1 unspecified atom stereocenters. The van der Waals surface area contributed by atoms with Gasteiger partial charge in [0.1, 0.15) is 5.69 Å². The zero-order valence-corrected chi connectivity index (χ0v) is 9.72. The van der Waals surface area contributed by atoms with Crippen LogP contribution in [0.5, 0.6) is 0 Å². The molecule has 1 heterocycles. The van der Waals surface area contributed by atoms with Gasteiger partial charge in [0.15, 0.2) is 0 Å². The molecule has 0 saturated heterocycles. The van der Waals surface area contributed by atoms with Crippen molar-refractivity contribution in [2.75, 3.05) is 0 Å². The lowest BCUT2D eigenvalue weighted by Gasteiger charge is -2.00. The summed E-state index contributed by atoms with van der Waals surface area (Å²) in [5.74, 6) is 0. The van der Waals surface area contributed by atoms with Gasteiger partial charge >= 0.3 is 0 Å². The summed E-state index contributed by atoms with van der Waals surface area (Å²) in [5.41, 5.74) is 1.43. The van der Waals surface area contributed by atoms with Gasteiger partial charge in [0.25, 0.3) is 5.69 Å². The Kier molecular flexibility index (Phi) is 3.33. The third-order valence-corrected chi connectivity index (χ3v) is 2.48. The van der Waals surface area contributed by atoms with Crippen LogP contribution in [0, 0.1) is 10.1 Å². The van der Waals surface area contributed by atoms with E-state index in [1.807, 2.05) is 0 Å². The maximum atomic E-state index is 10.5. The molecule has 0 amide bonds. The molecule has 7 heteroatoms. The topological polar surface area (TPSA) is 94.1 Å². The van der Waals surface area contributed by atoms with Crippen LogP contribution in [0.25, 0.3) is 0 Å². The first kappa shape index (κ1) is 12.2. The second-order valence-corrected chi connectivity index (χ2v) is 3.94. The van der Waals surface area contributed by atoms with E-state index < -0.39 is 11.0 Å². The molecule has 0 radical (unpaired) electrons. The van der Waals surface area contributed by atoms with Crippen molar-refractivity contribution in [1.82, 2.24) is 15.0 Å². The molecule has 1 aromatic heterocycles. The molecule has 18 heavy (non-hydrogen) atoms. The monoisotopic (exact) mass is 248 g/mol. The molecule has 1 atom stereocenters. The SMILES string of the molecule is CC(O)c1cn(Cc2ccc([N+](=O)[O-])cc2)nn1. The van der Waals surface area contributed by atoms with Crippen LogP contribution in [0.3, 0.4) is 0 Å². The number of non-ortho nitro benzene ring substituents is 1. The van der Waals surface area contributed by atoms with Gasteiger partial charge in [-0.25, -0.2) is 4.68 Å². The fourth-order valence-corrected chi connectivity index (χ4v) is 1.49. The number of hydrogen-bond donors (Lipinski definition) is 1. The van der Waals surface area contributed by atoms with Crippen LogP contribution in [0.15, 0.2) is 30.5 Å². The highest BCUT2D eigenvalue weighted by Crippen LogP contribution is 2.13. The Morgan fingerprint density at radius 2 is 2.11 bits per heavy atom. The molecule has 7 nitrogen and oxygen atoms in total. The first-order valence-electron chi connectivity index (χ1n) is 5.37. The first-order valence-corrected chi connectivity index (χ1v) is 5.37. The van der Waals surface area contributed by atoms with Crippen molar-refractivity contribution in [1.29, 1.82) is 0 Å². The molecular weight excluding hydrogens is 236 g/mol. The Morgan fingerprint density at radius 1 is 1.44 bits per heavy atom. The van der Waals surface area contributed by atoms with E-state index in [9.17, 15) is 15.2 Å². The van der Waals surface area contributed by atoms with Crippen LogP contribution < -0.4 is 0 Å². The number of hydrogen-bond acceptors (Lipinski definition) is 5. The summed E-state index contributed by atoms with van der Waals surface area (Å²) in [5, 5.41) is 27.5. The molecule has 0 bridgehead atoms. The van der Waals surface area contributed by atoms with Crippen LogP contribution >= 0.6 is 0 Å². The molecule has 0 fully saturated rings. The Balaban J connectivity index is 2.10. The van der Waals surface area contributed by atoms with Gasteiger partial charge in [0, 0.05) is 12.1 Å². The van der Waals surface area contributed by atoms with Gasteiger partial charge < -0.3 is 5.11 Å². The summed E-state index contributed by atoms with van der Waals surface area (Å²) < 4.78 is 1.57. The molecule has 1 N–H and O–H groups in total. The Hall–Kier alpha value is -2.28. The standard InChI is InChI=1S/C11H12N4O3/c1-8(16)11-7-14(13-12-11)6-9-2-4-10(5-3-9)15(17)18/h2-5,7-8,16H,6H2,1H3. The minimum Gasteiger partial charge on any atom is -0.387 e. The van der Waals surface area contributed by atoms with Gasteiger partial charge in [-0.05, 0) is 12.5 Å². The average molecular weight is 248 g/mol. The van der Waals surface area contributed by atoms with Crippen molar-refractivity contribution >= 4 is 5.69 Å². The van der Waals surface area contributed by atoms with Crippen LogP contribution in [-0.2, 0) is 6.54 Å². The summed E-state index contributed by atoms with van der Waals surface area (Å²) in [6, 6.07) is 6.23. The predicted molar refractivity (Wildman–Crippen MR) is 62.9 cm³/mol. The van der Waals surface area contributed by atoms with Crippen LogP contribution in [-0.4, -0.2) is 25.0 Å². The molecule has 2 aromatic rings. The second kappa shape index (κ2) is 4.92. The van der Waals surface area contributed by atoms with E-state index >= 15 is 0 Å². The molecule has 0 aliphatic rings. The molecule has 0 aliphatic carbocycles. The Bertz CT molecular complexity index is 548. The van der Waals surface area contributed by atoms with Gasteiger partial charge in [-0.2, -0.15) is 0 Å². The number of aromatic nitrogens is 3. The number of nitrogens with zero attached hydrogens (tertiary/aromatic N) is 4. The fourth-order valence-electron chi connectivity index (χ4n) is 1.49. The second-order valence-electron chi connectivity index (χ2n) is 3.94. The third-order valence-electron chi connectivity index (χ3n) is 2.48. The molecule has 2 rings (SSSR count). The highest BCUT2D eigenvalue weighted by Gasteiger charge is 2.08. The summed E-state index contributed by atoms with van der Waals surface area (Å²) in [7, 11) is 0. The van der Waals surface area contributed by atoms with E-state index in [4.69, 9.17) is 0 Å². The van der Waals surface area contributed by atoms with Crippen LogP contribution in [0.1, 0.15) is 24.3 Å². The number of nitro benzene ring substituents is 1. The molecule has 94 valence electrons. The van der Waals surface area contributed by atoms with Crippen LogP contribution in [0.2, 0.25) is 0 Å². The number of aliphatic hydroxyl groups excluding tert-OH is 1. The van der Waals surface area contributed by atoms with Crippen molar-refractivity contribution in [3.05, 3.63) is 51.8 Å². The van der Waals surface area contributed by atoms with Gasteiger partial charge in [-0.1, -0.05) is 17.3 Å². The van der Waals surface area contributed by atoms with Crippen molar-refractivity contribution in [3.63, 3.8) is 0 Å². The molecule has 0 aliphatic heterocycles. The maximum absolute atomic E-state index is 10.5. The molecular formula is C11H12N4O3. The molecule has 1 aromatic carbocycles. The predicted octanol–water partition coefficient (Wildman–Crippen LogP) is 1.29. The fraction of sp³-hybridized carbons (Fsp3) is 0.273. The van der Waals surface area contributed by atoms with Crippen molar-refractivity contribution < 1.29 is 10.0 Å². The maximum Gasteiger partial charge on any atom is 0.269 e. The lowest BCUT2D eigenvalue weighted by molar-refractivity contribution is -0.384. The third kappa shape index (κ3) is 2.69. The molecule has 0 spiro atoms. The van der Waals surface area contributed by atoms with E-state index in [0.717, 1.165) is 5.56 Å². The summed E-state index contributed by atoms with van der Waals surface area (Å²) >= 11 is 0. The summed E-state index contributed by atoms with van der Waals surface area (Å²) in [6.07, 6.45) is 0.988. The highest BCUT2D eigenvalue weighted by molar-refractivity contribution is 5.32. The van der Waals surface area contributed by atoms with E-state index in [-0.39, 0.29) is 5.69 Å². The Labute approximate surface area is 103 Å². The summed E-state index contributed by atoms with van der Waals surface area (Å²) in [4.78, 5) is 10.1. The van der Waals surface area contributed by atoms with Crippen molar-refractivity contribution in [2.45, 2.75) is 19.6 Å². The van der Waals surface area contributed by atoms with E-state index in [0.29, 0.717) is 12.2 Å². The van der Waals surface area contributed by atoms with Crippen LogP contribution in [0.4, 0.5) is 5.69 Å². The normalized spacial score (nSPS) is 12.3. The minimum absolute atomic E-state index is 0.0574. The van der Waals surface area contributed by atoms with Gasteiger partial charge in [-0.3, -0.25) is 10.1 Å². The highest BCUT2D eigenvalue weighted by atomic mass is 16.6. The number of rotatable bonds is 4. The quantitative estimate of drug-likeness (QED) is 0.649. The lowest BCUT2D eigenvalue weighted by atomic mass is 10.2. The van der Waals surface area contributed by atoms with E-state index in [1.54, 1.807) is 29.9 Å². The van der Waals surface area contributed by atoms with E-state index in [1.165, 1.54) is 12.1 Å². The first-order chi connectivity index (χ1) is 8.56. The average Bonchev–Trinajstić information content (AvgIpc) is 2.78. The largest absolute Gasteiger partial charge is 0.387 e. The number of aliphatic hydroxyl groups is 1. The van der Waals surface area contributed by atoms with Gasteiger partial charge in [0.2, 0.25) is 0 Å². The zero-order valence-electron chi connectivity index (χ0n) is 9.72. The van der Waals surface area contributed by atoms with Crippen molar-refractivity contribution in [2.24, 2.45) is 0 Å². The smallest absolute Gasteiger partial charge is 0.269 e.